The molecule has 3 aromatic rings. The van der Waals surface area contributed by atoms with E-state index in [1.807, 2.05) is 34.4 Å². The molecule has 1 aliphatic rings. The van der Waals surface area contributed by atoms with Gasteiger partial charge in [0.15, 0.2) is 5.65 Å². The van der Waals surface area contributed by atoms with E-state index in [0.717, 1.165) is 22.2 Å². The summed E-state index contributed by atoms with van der Waals surface area (Å²) in [6.45, 7) is 0. The molecule has 0 aromatic carbocycles. The SMILES string of the molecule is c1csc(-c2cnc3ccc(NC4CCCCC4)nn23)n1. The van der Waals surface area contributed by atoms with Gasteiger partial charge in [-0.2, -0.15) is 0 Å². The molecule has 0 amide bonds. The fourth-order valence-electron chi connectivity index (χ4n) is 2.90. The molecule has 4 rings (SSSR count). The molecule has 1 aliphatic carbocycles. The summed E-state index contributed by atoms with van der Waals surface area (Å²) >= 11 is 1.60. The predicted molar refractivity (Wildman–Crippen MR) is 84.6 cm³/mol. The number of hydrogen-bond donors (Lipinski definition) is 1. The summed E-state index contributed by atoms with van der Waals surface area (Å²) in [7, 11) is 0. The van der Waals surface area contributed by atoms with Gasteiger partial charge in [-0.05, 0) is 25.0 Å². The quantitative estimate of drug-likeness (QED) is 0.803. The third-order valence-electron chi connectivity index (χ3n) is 3.97. The Balaban J connectivity index is 1.66. The average molecular weight is 299 g/mol. The van der Waals surface area contributed by atoms with E-state index in [0.29, 0.717) is 6.04 Å². The third kappa shape index (κ3) is 2.51. The smallest absolute Gasteiger partial charge is 0.154 e. The largest absolute Gasteiger partial charge is 0.366 e. The van der Waals surface area contributed by atoms with Crippen LogP contribution in [0.15, 0.2) is 29.9 Å². The monoisotopic (exact) mass is 299 g/mol. The number of nitrogens with one attached hydrogen (secondary N) is 1. The lowest BCUT2D eigenvalue weighted by atomic mass is 9.95. The Bertz CT molecular complexity index is 728. The van der Waals surface area contributed by atoms with Crippen LogP contribution < -0.4 is 5.32 Å². The summed E-state index contributed by atoms with van der Waals surface area (Å²) < 4.78 is 1.88. The lowest BCUT2D eigenvalue weighted by Gasteiger charge is -2.23. The minimum Gasteiger partial charge on any atom is -0.366 e. The van der Waals surface area contributed by atoms with Gasteiger partial charge in [-0.3, -0.25) is 0 Å². The van der Waals surface area contributed by atoms with Crippen molar-refractivity contribution in [3.63, 3.8) is 0 Å². The number of fused-ring (bicyclic) bond motifs is 1. The lowest BCUT2D eigenvalue weighted by Crippen LogP contribution is -2.23. The predicted octanol–water partition coefficient (Wildman–Crippen LogP) is 3.60. The number of nitrogens with zero attached hydrogens (tertiary/aromatic N) is 4. The summed E-state index contributed by atoms with van der Waals surface area (Å²) in [5.41, 5.74) is 1.81. The summed E-state index contributed by atoms with van der Waals surface area (Å²) in [6.07, 6.45) is 10.1. The summed E-state index contributed by atoms with van der Waals surface area (Å²) in [4.78, 5) is 8.75. The minimum atomic E-state index is 0.551. The second-order valence-corrected chi connectivity index (χ2v) is 6.34. The van der Waals surface area contributed by atoms with E-state index in [2.05, 4.69) is 15.3 Å². The van der Waals surface area contributed by atoms with Crippen molar-refractivity contribution in [2.24, 2.45) is 0 Å². The van der Waals surface area contributed by atoms with E-state index in [1.54, 1.807) is 11.3 Å². The number of imidazole rings is 1. The molecule has 1 saturated carbocycles. The number of anilines is 1. The Kier molecular flexibility index (Phi) is 3.31. The minimum absolute atomic E-state index is 0.551. The molecular formula is C15H17N5S. The first-order chi connectivity index (χ1) is 10.4. The van der Waals surface area contributed by atoms with Crippen LogP contribution in [0.2, 0.25) is 0 Å². The molecule has 0 saturated heterocycles. The van der Waals surface area contributed by atoms with Crippen LogP contribution in [0.3, 0.4) is 0 Å². The highest BCUT2D eigenvalue weighted by atomic mass is 32.1. The van der Waals surface area contributed by atoms with Gasteiger partial charge in [0.1, 0.15) is 16.5 Å². The standard InChI is InChI=1S/C15H17N5S/c1-2-4-11(5-3-1)18-13-6-7-14-17-10-12(20(14)19-13)15-16-8-9-21-15/h6-11H,1-5H2,(H,18,19). The molecule has 6 heteroatoms. The van der Waals surface area contributed by atoms with Crippen LogP contribution in [0.1, 0.15) is 32.1 Å². The van der Waals surface area contributed by atoms with Gasteiger partial charge in [0.05, 0.1) is 6.20 Å². The van der Waals surface area contributed by atoms with Crippen LogP contribution in [0.5, 0.6) is 0 Å². The van der Waals surface area contributed by atoms with Gasteiger partial charge in [0.2, 0.25) is 0 Å². The molecule has 1 fully saturated rings. The molecule has 21 heavy (non-hydrogen) atoms. The van der Waals surface area contributed by atoms with Crippen molar-refractivity contribution in [2.75, 3.05) is 5.32 Å². The molecule has 1 N–H and O–H groups in total. The number of thiazole rings is 1. The zero-order chi connectivity index (χ0) is 14.1. The van der Waals surface area contributed by atoms with Crippen LogP contribution in [0.4, 0.5) is 5.82 Å². The van der Waals surface area contributed by atoms with Crippen LogP contribution in [0.25, 0.3) is 16.3 Å². The Hall–Kier alpha value is -1.95. The Morgan fingerprint density at radius 2 is 2.05 bits per heavy atom. The van der Waals surface area contributed by atoms with Crippen LogP contribution in [0, 0.1) is 0 Å². The van der Waals surface area contributed by atoms with Crippen LogP contribution >= 0.6 is 11.3 Å². The average Bonchev–Trinajstić information content (AvgIpc) is 3.16. The highest BCUT2D eigenvalue weighted by molar-refractivity contribution is 7.13. The zero-order valence-electron chi connectivity index (χ0n) is 11.7. The maximum Gasteiger partial charge on any atom is 0.154 e. The van der Waals surface area contributed by atoms with Gasteiger partial charge in [-0.15, -0.1) is 16.4 Å². The molecule has 0 atom stereocenters. The van der Waals surface area contributed by atoms with Gasteiger partial charge in [0, 0.05) is 17.6 Å². The second-order valence-electron chi connectivity index (χ2n) is 5.45. The maximum absolute atomic E-state index is 4.69. The number of aromatic nitrogens is 4. The van der Waals surface area contributed by atoms with Gasteiger partial charge in [-0.25, -0.2) is 14.5 Å². The molecule has 0 radical (unpaired) electrons. The van der Waals surface area contributed by atoms with Crippen molar-refractivity contribution < 1.29 is 0 Å². The van der Waals surface area contributed by atoms with E-state index < -0.39 is 0 Å². The maximum atomic E-state index is 4.69. The number of hydrogen-bond acceptors (Lipinski definition) is 5. The van der Waals surface area contributed by atoms with Crippen molar-refractivity contribution in [1.29, 1.82) is 0 Å². The van der Waals surface area contributed by atoms with Crippen LogP contribution in [-0.4, -0.2) is 25.6 Å². The first-order valence-electron chi connectivity index (χ1n) is 7.41. The van der Waals surface area contributed by atoms with E-state index in [9.17, 15) is 0 Å². The molecule has 5 nitrogen and oxygen atoms in total. The summed E-state index contributed by atoms with van der Waals surface area (Å²) in [6, 6.07) is 4.58. The molecule has 0 bridgehead atoms. The molecule has 108 valence electrons. The van der Waals surface area contributed by atoms with E-state index in [1.165, 1.54) is 32.1 Å². The van der Waals surface area contributed by atoms with Crippen molar-refractivity contribution >= 4 is 22.8 Å². The van der Waals surface area contributed by atoms with Gasteiger partial charge in [0.25, 0.3) is 0 Å². The molecular weight excluding hydrogens is 282 g/mol. The van der Waals surface area contributed by atoms with E-state index in [-0.39, 0.29) is 0 Å². The fraction of sp³-hybridized carbons (Fsp3) is 0.400. The molecule has 0 spiro atoms. The summed E-state index contributed by atoms with van der Waals surface area (Å²) in [5, 5.41) is 11.2. The Morgan fingerprint density at radius 1 is 1.14 bits per heavy atom. The number of rotatable bonds is 3. The topological polar surface area (TPSA) is 55.1 Å². The van der Waals surface area contributed by atoms with Crippen molar-refractivity contribution in [3.05, 3.63) is 29.9 Å². The lowest BCUT2D eigenvalue weighted by molar-refractivity contribution is 0.461. The normalized spacial score (nSPS) is 16.4. The van der Waals surface area contributed by atoms with E-state index >= 15 is 0 Å². The summed E-state index contributed by atoms with van der Waals surface area (Å²) in [5.74, 6) is 0.921. The van der Waals surface area contributed by atoms with Crippen molar-refractivity contribution in [3.8, 4) is 10.7 Å². The highest BCUT2D eigenvalue weighted by Gasteiger charge is 2.15. The van der Waals surface area contributed by atoms with Gasteiger partial charge < -0.3 is 5.32 Å². The molecule has 3 aromatic heterocycles. The van der Waals surface area contributed by atoms with Gasteiger partial charge in [-0.1, -0.05) is 19.3 Å². The molecule has 0 aliphatic heterocycles. The fourth-order valence-corrected chi connectivity index (χ4v) is 3.53. The zero-order valence-corrected chi connectivity index (χ0v) is 12.5. The van der Waals surface area contributed by atoms with Crippen LogP contribution in [-0.2, 0) is 0 Å². The van der Waals surface area contributed by atoms with E-state index in [4.69, 9.17) is 5.10 Å². The Morgan fingerprint density at radius 3 is 2.86 bits per heavy atom. The first-order valence-corrected chi connectivity index (χ1v) is 8.29. The second kappa shape index (κ2) is 5.44. The molecule has 3 heterocycles. The Labute approximate surface area is 127 Å². The highest BCUT2D eigenvalue weighted by Crippen LogP contribution is 2.24. The van der Waals surface area contributed by atoms with Gasteiger partial charge >= 0.3 is 0 Å². The van der Waals surface area contributed by atoms with Crippen molar-refractivity contribution in [1.82, 2.24) is 19.6 Å². The first kappa shape index (κ1) is 12.8. The third-order valence-corrected chi connectivity index (χ3v) is 4.77. The van der Waals surface area contributed by atoms with Crippen molar-refractivity contribution in [2.45, 2.75) is 38.1 Å². The molecule has 0 unspecified atom stereocenters.